The molecule has 0 spiro atoms. The van der Waals surface area contributed by atoms with E-state index in [0.29, 0.717) is 36.0 Å². The third-order valence-corrected chi connectivity index (χ3v) is 3.67. The van der Waals surface area contributed by atoms with Gasteiger partial charge in [-0.05, 0) is 56.7 Å². The Morgan fingerprint density at radius 1 is 0.929 bits per heavy atom. The molecule has 0 radical (unpaired) electrons. The van der Waals surface area contributed by atoms with Gasteiger partial charge in [-0.2, -0.15) is 0 Å². The summed E-state index contributed by atoms with van der Waals surface area (Å²) in [7, 11) is 0. The first kappa shape index (κ1) is 21.0. The molecule has 0 bridgehead atoms. The Labute approximate surface area is 165 Å². The first-order valence-corrected chi connectivity index (χ1v) is 9.23. The van der Waals surface area contributed by atoms with Gasteiger partial charge in [-0.15, -0.1) is 0 Å². The summed E-state index contributed by atoms with van der Waals surface area (Å²) in [5.74, 6) is 0.452. The quantitative estimate of drug-likeness (QED) is 0.516. The highest BCUT2D eigenvalue weighted by Gasteiger charge is 2.13. The van der Waals surface area contributed by atoms with Crippen LogP contribution in [0, 0.1) is 0 Å². The standard InChI is InChI=1S/C22H25NO5/c1-4-26-19-13-11-16(15-20(19)27-5-2)12-14-21(24)23-18-10-8-7-9-17(18)22(25)28-6-3/h7-15H,4-6H2,1-3H3,(H,23,24). The van der Waals surface area contributed by atoms with Crippen LogP contribution in [0.4, 0.5) is 5.69 Å². The van der Waals surface area contributed by atoms with Crippen molar-refractivity contribution in [2.75, 3.05) is 25.1 Å². The summed E-state index contributed by atoms with van der Waals surface area (Å²) >= 11 is 0. The lowest BCUT2D eigenvalue weighted by molar-refractivity contribution is -0.111. The zero-order valence-corrected chi connectivity index (χ0v) is 16.4. The first-order chi connectivity index (χ1) is 13.6. The number of esters is 1. The number of anilines is 1. The number of nitrogens with one attached hydrogen (secondary N) is 1. The van der Waals surface area contributed by atoms with Crippen LogP contribution >= 0.6 is 0 Å². The molecule has 0 heterocycles. The fourth-order valence-electron chi connectivity index (χ4n) is 2.50. The van der Waals surface area contributed by atoms with Crippen LogP contribution in [-0.4, -0.2) is 31.7 Å². The van der Waals surface area contributed by atoms with E-state index in [0.717, 1.165) is 5.56 Å². The molecule has 0 fully saturated rings. The van der Waals surface area contributed by atoms with E-state index in [2.05, 4.69) is 5.32 Å². The molecule has 6 heteroatoms. The Kier molecular flexibility index (Phi) is 8.09. The molecule has 2 aromatic carbocycles. The molecule has 0 atom stereocenters. The Bertz CT molecular complexity index is 845. The van der Waals surface area contributed by atoms with Gasteiger partial charge in [0.05, 0.1) is 31.1 Å². The summed E-state index contributed by atoms with van der Waals surface area (Å²) in [6, 6.07) is 12.2. The highest BCUT2D eigenvalue weighted by molar-refractivity contribution is 6.06. The van der Waals surface area contributed by atoms with E-state index in [9.17, 15) is 9.59 Å². The molecule has 2 rings (SSSR count). The zero-order valence-electron chi connectivity index (χ0n) is 16.4. The van der Waals surface area contributed by atoms with E-state index in [1.165, 1.54) is 6.08 Å². The Morgan fingerprint density at radius 2 is 1.64 bits per heavy atom. The molecule has 0 unspecified atom stereocenters. The Morgan fingerprint density at radius 3 is 2.36 bits per heavy atom. The monoisotopic (exact) mass is 383 g/mol. The van der Waals surface area contributed by atoms with Gasteiger partial charge in [-0.25, -0.2) is 4.79 Å². The third kappa shape index (κ3) is 5.87. The van der Waals surface area contributed by atoms with Gasteiger partial charge in [-0.1, -0.05) is 18.2 Å². The summed E-state index contributed by atoms with van der Waals surface area (Å²) in [5, 5.41) is 2.71. The van der Waals surface area contributed by atoms with Gasteiger partial charge in [0.25, 0.3) is 0 Å². The number of rotatable bonds is 9. The molecular formula is C22H25NO5. The van der Waals surface area contributed by atoms with Crippen LogP contribution in [0.5, 0.6) is 11.5 Å². The fourth-order valence-corrected chi connectivity index (χ4v) is 2.50. The van der Waals surface area contributed by atoms with Crippen molar-refractivity contribution in [3.63, 3.8) is 0 Å². The predicted molar refractivity (Wildman–Crippen MR) is 109 cm³/mol. The van der Waals surface area contributed by atoms with Gasteiger partial charge in [0.15, 0.2) is 11.5 Å². The Hall–Kier alpha value is -3.28. The maximum Gasteiger partial charge on any atom is 0.340 e. The molecule has 0 aromatic heterocycles. The average Bonchev–Trinajstić information content (AvgIpc) is 2.69. The lowest BCUT2D eigenvalue weighted by Crippen LogP contribution is -2.13. The normalized spacial score (nSPS) is 10.5. The van der Waals surface area contributed by atoms with Crippen molar-refractivity contribution in [2.45, 2.75) is 20.8 Å². The average molecular weight is 383 g/mol. The summed E-state index contributed by atoms with van der Waals surface area (Å²) in [6.45, 7) is 6.85. The molecule has 1 amide bonds. The van der Waals surface area contributed by atoms with Crippen molar-refractivity contribution in [1.29, 1.82) is 0 Å². The third-order valence-electron chi connectivity index (χ3n) is 3.67. The molecule has 0 aliphatic carbocycles. The predicted octanol–water partition coefficient (Wildman–Crippen LogP) is 4.31. The van der Waals surface area contributed by atoms with Crippen molar-refractivity contribution in [1.82, 2.24) is 0 Å². The fraction of sp³-hybridized carbons (Fsp3) is 0.273. The molecule has 28 heavy (non-hydrogen) atoms. The molecule has 2 aromatic rings. The minimum atomic E-state index is -0.477. The molecule has 6 nitrogen and oxygen atoms in total. The first-order valence-electron chi connectivity index (χ1n) is 9.23. The van der Waals surface area contributed by atoms with E-state index in [1.54, 1.807) is 37.3 Å². The van der Waals surface area contributed by atoms with Gasteiger partial charge in [0.2, 0.25) is 5.91 Å². The highest BCUT2D eigenvalue weighted by atomic mass is 16.5. The smallest absolute Gasteiger partial charge is 0.340 e. The van der Waals surface area contributed by atoms with Crippen LogP contribution in [0.1, 0.15) is 36.7 Å². The van der Waals surface area contributed by atoms with Gasteiger partial charge < -0.3 is 19.5 Å². The van der Waals surface area contributed by atoms with Crippen molar-refractivity contribution >= 4 is 23.6 Å². The zero-order chi connectivity index (χ0) is 20.4. The van der Waals surface area contributed by atoms with E-state index >= 15 is 0 Å². The van der Waals surface area contributed by atoms with E-state index < -0.39 is 5.97 Å². The number of carbonyl (C=O) groups is 2. The topological polar surface area (TPSA) is 73.9 Å². The second-order valence-corrected chi connectivity index (χ2v) is 5.66. The van der Waals surface area contributed by atoms with Gasteiger partial charge in [0.1, 0.15) is 0 Å². The Balaban J connectivity index is 2.12. The molecule has 1 N–H and O–H groups in total. The number of hydrogen-bond acceptors (Lipinski definition) is 5. The van der Waals surface area contributed by atoms with Crippen LogP contribution in [0.3, 0.4) is 0 Å². The van der Waals surface area contributed by atoms with Crippen LogP contribution in [-0.2, 0) is 9.53 Å². The summed E-state index contributed by atoms with van der Waals surface area (Å²) in [5.41, 5.74) is 1.50. The SMILES string of the molecule is CCOC(=O)c1ccccc1NC(=O)C=Cc1ccc(OCC)c(OCC)c1. The number of hydrogen-bond donors (Lipinski definition) is 1. The molecule has 0 aliphatic rings. The number of benzene rings is 2. The minimum absolute atomic E-state index is 0.265. The van der Waals surface area contributed by atoms with Gasteiger partial charge in [-0.3, -0.25) is 4.79 Å². The van der Waals surface area contributed by atoms with Gasteiger partial charge >= 0.3 is 5.97 Å². The van der Waals surface area contributed by atoms with Crippen molar-refractivity contribution in [2.24, 2.45) is 0 Å². The van der Waals surface area contributed by atoms with E-state index in [-0.39, 0.29) is 12.5 Å². The van der Waals surface area contributed by atoms with Gasteiger partial charge in [0, 0.05) is 6.08 Å². The molecule has 0 saturated heterocycles. The van der Waals surface area contributed by atoms with Crippen molar-refractivity contribution in [3.05, 3.63) is 59.7 Å². The lowest BCUT2D eigenvalue weighted by Gasteiger charge is -2.11. The van der Waals surface area contributed by atoms with Crippen LogP contribution in [0.2, 0.25) is 0 Å². The highest BCUT2D eigenvalue weighted by Crippen LogP contribution is 2.29. The maximum absolute atomic E-state index is 12.3. The van der Waals surface area contributed by atoms with Crippen LogP contribution < -0.4 is 14.8 Å². The number of carbonyl (C=O) groups excluding carboxylic acids is 2. The lowest BCUT2D eigenvalue weighted by atomic mass is 10.1. The van der Waals surface area contributed by atoms with Crippen molar-refractivity contribution < 1.29 is 23.8 Å². The van der Waals surface area contributed by atoms with Crippen LogP contribution in [0.25, 0.3) is 6.08 Å². The van der Waals surface area contributed by atoms with Crippen LogP contribution in [0.15, 0.2) is 48.5 Å². The second kappa shape index (κ2) is 10.8. The number of para-hydroxylation sites is 1. The number of ether oxygens (including phenoxy) is 3. The largest absolute Gasteiger partial charge is 0.490 e. The summed E-state index contributed by atoms with van der Waals surface area (Å²) in [6.07, 6.45) is 3.06. The summed E-state index contributed by atoms with van der Waals surface area (Å²) in [4.78, 5) is 24.3. The molecule has 0 aliphatic heterocycles. The minimum Gasteiger partial charge on any atom is -0.490 e. The molecular weight excluding hydrogens is 358 g/mol. The van der Waals surface area contributed by atoms with E-state index in [4.69, 9.17) is 14.2 Å². The molecule has 148 valence electrons. The summed E-state index contributed by atoms with van der Waals surface area (Å²) < 4.78 is 16.1. The molecule has 0 saturated carbocycles. The van der Waals surface area contributed by atoms with Crippen molar-refractivity contribution in [3.8, 4) is 11.5 Å². The maximum atomic E-state index is 12.3. The second-order valence-electron chi connectivity index (χ2n) is 5.66. The number of amides is 1. The van der Waals surface area contributed by atoms with E-state index in [1.807, 2.05) is 32.0 Å².